The van der Waals surface area contributed by atoms with Gasteiger partial charge in [0.25, 0.3) is 0 Å². The topological polar surface area (TPSA) is 98.7 Å². The molecule has 2 aliphatic heterocycles. The second-order valence-corrected chi connectivity index (χ2v) is 8.32. The van der Waals surface area contributed by atoms with E-state index in [-0.39, 0.29) is 17.9 Å². The van der Waals surface area contributed by atoms with Gasteiger partial charge >= 0.3 is 11.8 Å². The maximum Gasteiger partial charge on any atom is 0.313 e. The van der Waals surface area contributed by atoms with Crippen molar-refractivity contribution in [3.63, 3.8) is 0 Å². The summed E-state index contributed by atoms with van der Waals surface area (Å²) in [5.41, 5.74) is 3.35. The molecule has 7 heteroatoms. The Bertz CT molecular complexity index is 782. The van der Waals surface area contributed by atoms with Crippen molar-refractivity contribution in [2.24, 2.45) is 5.41 Å². The van der Waals surface area contributed by atoms with E-state index in [9.17, 15) is 19.5 Å². The number of aryl methyl sites for hydroxylation is 1. The van der Waals surface area contributed by atoms with Crippen LogP contribution in [0.3, 0.4) is 0 Å². The van der Waals surface area contributed by atoms with Crippen molar-refractivity contribution in [3.05, 3.63) is 23.3 Å². The van der Waals surface area contributed by atoms with Gasteiger partial charge in [0.1, 0.15) is 0 Å². The van der Waals surface area contributed by atoms with Crippen LogP contribution in [-0.2, 0) is 27.2 Å². The molecule has 2 aliphatic rings. The van der Waals surface area contributed by atoms with E-state index >= 15 is 0 Å². The zero-order chi connectivity index (χ0) is 19.8. The van der Waals surface area contributed by atoms with Gasteiger partial charge in [0.15, 0.2) is 0 Å². The summed E-state index contributed by atoms with van der Waals surface area (Å²) in [5, 5.41) is 15.2. The van der Waals surface area contributed by atoms with Gasteiger partial charge in [0, 0.05) is 25.2 Å². The molecule has 1 aromatic rings. The second-order valence-electron chi connectivity index (χ2n) is 8.32. The predicted molar refractivity (Wildman–Crippen MR) is 103 cm³/mol. The van der Waals surface area contributed by atoms with Crippen LogP contribution in [0.15, 0.2) is 12.1 Å². The highest BCUT2D eigenvalue weighted by molar-refractivity contribution is 6.39. The lowest BCUT2D eigenvalue weighted by Crippen LogP contribution is -2.38. The minimum Gasteiger partial charge on any atom is -0.393 e. The summed E-state index contributed by atoms with van der Waals surface area (Å²) in [6.45, 7) is 6.66. The van der Waals surface area contributed by atoms with Crippen LogP contribution in [0, 0.1) is 5.41 Å². The van der Waals surface area contributed by atoms with Gasteiger partial charge in [0.2, 0.25) is 5.91 Å². The number of aliphatic hydroxyl groups excluding tert-OH is 1. The fraction of sp³-hybridized carbons (Fsp3) is 0.550. The summed E-state index contributed by atoms with van der Waals surface area (Å²) in [4.78, 5) is 38.0. The molecule has 1 unspecified atom stereocenters. The largest absolute Gasteiger partial charge is 0.393 e. The average molecular weight is 373 g/mol. The Kier molecular flexibility index (Phi) is 5.24. The van der Waals surface area contributed by atoms with Gasteiger partial charge in [-0.2, -0.15) is 0 Å². The standard InChI is InChI=1S/C20H27N3O4/c1-20(2,3)15(24)6-8-21-18(26)19(27)22-14-10-12-4-5-16(25)23-9-7-13(11-14)17(12)23/h10-11,15,24H,4-9H2,1-3H3,(H,21,26)(H,22,27). The number of carbonyl (C=O) groups is 3. The highest BCUT2D eigenvalue weighted by atomic mass is 16.3. The van der Waals surface area contributed by atoms with Gasteiger partial charge in [-0.15, -0.1) is 0 Å². The molecule has 146 valence electrons. The van der Waals surface area contributed by atoms with Gasteiger partial charge in [-0.25, -0.2) is 0 Å². The van der Waals surface area contributed by atoms with E-state index in [1.165, 1.54) is 0 Å². The molecule has 1 aromatic carbocycles. The first kappa shape index (κ1) is 19.4. The third kappa shape index (κ3) is 4.13. The lowest BCUT2D eigenvalue weighted by molar-refractivity contribution is -0.136. The maximum absolute atomic E-state index is 12.2. The van der Waals surface area contributed by atoms with Crippen LogP contribution < -0.4 is 15.5 Å². The normalized spacial score (nSPS) is 16.7. The molecule has 2 heterocycles. The molecule has 0 radical (unpaired) electrons. The first-order valence-electron chi connectivity index (χ1n) is 9.40. The number of nitrogens with one attached hydrogen (secondary N) is 2. The summed E-state index contributed by atoms with van der Waals surface area (Å²) >= 11 is 0. The second kappa shape index (κ2) is 7.31. The zero-order valence-corrected chi connectivity index (χ0v) is 16.1. The van der Waals surface area contributed by atoms with Crippen molar-refractivity contribution in [1.29, 1.82) is 0 Å². The lowest BCUT2D eigenvalue weighted by atomic mass is 9.87. The van der Waals surface area contributed by atoms with Gasteiger partial charge < -0.3 is 20.6 Å². The molecule has 3 amide bonds. The third-order valence-corrected chi connectivity index (χ3v) is 5.22. The van der Waals surface area contributed by atoms with E-state index < -0.39 is 17.9 Å². The van der Waals surface area contributed by atoms with Crippen LogP contribution >= 0.6 is 0 Å². The van der Waals surface area contributed by atoms with Gasteiger partial charge in [-0.1, -0.05) is 20.8 Å². The van der Waals surface area contributed by atoms with E-state index in [4.69, 9.17) is 0 Å². The van der Waals surface area contributed by atoms with Crippen molar-refractivity contribution in [3.8, 4) is 0 Å². The van der Waals surface area contributed by atoms with Gasteiger partial charge in [-0.3, -0.25) is 14.4 Å². The SMILES string of the molecule is CC(C)(C)C(O)CCNC(=O)C(=O)Nc1cc2c3c(c1)CCN3C(=O)CC2. The number of rotatable bonds is 4. The summed E-state index contributed by atoms with van der Waals surface area (Å²) < 4.78 is 0. The molecule has 0 aromatic heterocycles. The number of hydrogen-bond acceptors (Lipinski definition) is 4. The fourth-order valence-electron chi connectivity index (χ4n) is 3.55. The van der Waals surface area contributed by atoms with E-state index in [1.54, 1.807) is 0 Å². The summed E-state index contributed by atoms with van der Waals surface area (Å²) in [6, 6.07) is 3.68. The number of anilines is 2. The number of hydrogen-bond donors (Lipinski definition) is 3. The third-order valence-electron chi connectivity index (χ3n) is 5.22. The van der Waals surface area contributed by atoms with E-state index in [1.807, 2.05) is 37.8 Å². The first-order chi connectivity index (χ1) is 12.7. The number of aliphatic hydroxyl groups is 1. The monoisotopic (exact) mass is 373 g/mol. The molecular formula is C20H27N3O4. The maximum atomic E-state index is 12.2. The number of benzene rings is 1. The van der Waals surface area contributed by atoms with Crippen molar-refractivity contribution in [2.75, 3.05) is 23.3 Å². The molecule has 7 nitrogen and oxygen atoms in total. The van der Waals surface area contributed by atoms with E-state index in [2.05, 4.69) is 10.6 Å². The molecule has 0 spiro atoms. The number of carbonyl (C=O) groups excluding carboxylic acids is 3. The Morgan fingerprint density at radius 2 is 1.81 bits per heavy atom. The average Bonchev–Trinajstić information content (AvgIpc) is 3.02. The Morgan fingerprint density at radius 1 is 1.15 bits per heavy atom. The van der Waals surface area contributed by atoms with Crippen LogP contribution in [0.4, 0.5) is 11.4 Å². The molecule has 0 saturated heterocycles. The van der Waals surface area contributed by atoms with E-state index in [0.29, 0.717) is 31.5 Å². The van der Waals surface area contributed by atoms with Crippen LogP contribution in [-0.4, -0.2) is 42.0 Å². The van der Waals surface area contributed by atoms with Crippen molar-refractivity contribution >= 4 is 29.1 Å². The molecule has 0 saturated carbocycles. The quantitative estimate of drug-likeness (QED) is 0.694. The summed E-state index contributed by atoms with van der Waals surface area (Å²) in [6.07, 6.45) is 1.71. The number of nitrogens with zero attached hydrogens (tertiary/aromatic N) is 1. The highest BCUT2D eigenvalue weighted by Gasteiger charge is 2.31. The Balaban J connectivity index is 1.59. The minimum absolute atomic E-state index is 0.148. The smallest absolute Gasteiger partial charge is 0.313 e. The van der Waals surface area contributed by atoms with Crippen LogP contribution in [0.1, 0.15) is 44.7 Å². The minimum atomic E-state index is -0.728. The van der Waals surface area contributed by atoms with Crippen LogP contribution in [0.2, 0.25) is 0 Å². The molecule has 0 fully saturated rings. The summed E-state index contributed by atoms with van der Waals surface area (Å²) in [7, 11) is 0. The molecule has 0 bridgehead atoms. The molecule has 27 heavy (non-hydrogen) atoms. The Labute approximate surface area is 159 Å². The van der Waals surface area contributed by atoms with Crippen molar-refractivity contribution in [2.45, 2.75) is 52.6 Å². The van der Waals surface area contributed by atoms with Gasteiger partial charge in [-0.05, 0) is 47.9 Å². The summed E-state index contributed by atoms with van der Waals surface area (Å²) in [5.74, 6) is -1.30. The number of amides is 3. The highest BCUT2D eigenvalue weighted by Crippen LogP contribution is 2.38. The fourth-order valence-corrected chi connectivity index (χ4v) is 3.55. The molecule has 3 N–H and O–H groups in total. The first-order valence-corrected chi connectivity index (χ1v) is 9.40. The van der Waals surface area contributed by atoms with Gasteiger partial charge in [0.05, 0.1) is 11.8 Å². The van der Waals surface area contributed by atoms with E-state index in [0.717, 1.165) is 23.2 Å². The lowest BCUT2D eigenvalue weighted by Gasteiger charge is -2.26. The predicted octanol–water partition coefficient (Wildman–Crippen LogP) is 1.37. The molecule has 1 atom stereocenters. The van der Waals surface area contributed by atoms with Crippen molar-refractivity contribution in [1.82, 2.24) is 5.32 Å². The Morgan fingerprint density at radius 3 is 2.48 bits per heavy atom. The molecule has 0 aliphatic carbocycles. The van der Waals surface area contributed by atoms with Crippen molar-refractivity contribution < 1.29 is 19.5 Å². The Hall–Kier alpha value is -2.41. The van der Waals surface area contributed by atoms with Crippen LogP contribution in [0.5, 0.6) is 0 Å². The molecular weight excluding hydrogens is 346 g/mol. The zero-order valence-electron chi connectivity index (χ0n) is 16.1. The molecule has 3 rings (SSSR count). The van der Waals surface area contributed by atoms with Crippen LogP contribution in [0.25, 0.3) is 0 Å².